The van der Waals surface area contributed by atoms with Crippen LogP contribution in [0.25, 0.3) is 0 Å². The first kappa shape index (κ1) is 20.4. The first-order valence-electron chi connectivity index (χ1n) is 8.76. The van der Waals surface area contributed by atoms with Crippen LogP contribution in [0.2, 0.25) is 0 Å². The summed E-state index contributed by atoms with van der Waals surface area (Å²) in [6.45, 7) is 3.82. The van der Waals surface area contributed by atoms with Crippen molar-refractivity contribution in [2.45, 2.75) is 25.3 Å². The minimum atomic E-state index is -3.97. The number of rotatable bonds is 7. The number of hydrogen-bond donors (Lipinski definition) is 2. The molecule has 0 saturated heterocycles. The summed E-state index contributed by atoms with van der Waals surface area (Å²) >= 11 is 0. The summed E-state index contributed by atoms with van der Waals surface area (Å²) in [5, 5.41) is 6.49. The number of nitrogens with one attached hydrogen (secondary N) is 2. The number of carbonyl (C=O) groups excluding carboxylic acids is 1. The molecule has 0 spiro atoms. The van der Waals surface area contributed by atoms with E-state index in [1.165, 1.54) is 25.3 Å². The fourth-order valence-electron chi connectivity index (χ4n) is 2.63. The van der Waals surface area contributed by atoms with E-state index in [-0.39, 0.29) is 22.8 Å². The van der Waals surface area contributed by atoms with Crippen LogP contribution in [0.4, 0.5) is 5.69 Å². The maximum absolute atomic E-state index is 12.9. The Morgan fingerprint density at radius 3 is 2.45 bits per heavy atom. The Morgan fingerprint density at radius 2 is 1.83 bits per heavy atom. The molecule has 1 aromatic heterocycles. The molecule has 0 atom stereocenters. The maximum atomic E-state index is 12.9. The second kappa shape index (κ2) is 8.36. The minimum Gasteiger partial charge on any atom is -0.495 e. The predicted molar refractivity (Wildman–Crippen MR) is 107 cm³/mol. The van der Waals surface area contributed by atoms with Crippen molar-refractivity contribution in [1.82, 2.24) is 10.5 Å². The van der Waals surface area contributed by atoms with Gasteiger partial charge in [0.1, 0.15) is 22.1 Å². The Labute approximate surface area is 168 Å². The fraction of sp³-hybridized carbons (Fsp3) is 0.200. The number of methoxy groups -OCH3 is 1. The van der Waals surface area contributed by atoms with Gasteiger partial charge in [-0.25, -0.2) is 8.42 Å². The molecular weight excluding hydrogens is 394 g/mol. The van der Waals surface area contributed by atoms with Crippen LogP contribution in [0.1, 0.15) is 27.4 Å². The summed E-state index contributed by atoms with van der Waals surface area (Å²) in [5.41, 5.74) is 2.16. The van der Waals surface area contributed by atoms with Gasteiger partial charge in [0.15, 0.2) is 0 Å². The average Bonchev–Trinajstić information content (AvgIpc) is 3.12. The van der Waals surface area contributed by atoms with Crippen LogP contribution in [0.5, 0.6) is 5.75 Å². The van der Waals surface area contributed by atoms with Crippen molar-refractivity contribution in [2.75, 3.05) is 11.8 Å². The van der Waals surface area contributed by atoms with Gasteiger partial charge in [-0.15, -0.1) is 0 Å². The SMILES string of the molecule is COc1ccc(C(=O)NCc2cc(C)on2)cc1S(=O)(=O)Nc1ccc(C)cc1. The van der Waals surface area contributed by atoms with Crippen molar-refractivity contribution < 1.29 is 22.5 Å². The van der Waals surface area contributed by atoms with E-state index in [2.05, 4.69) is 15.2 Å². The van der Waals surface area contributed by atoms with Gasteiger partial charge in [-0.2, -0.15) is 0 Å². The van der Waals surface area contributed by atoms with E-state index in [0.717, 1.165) is 5.56 Å². The first-order chi connectivity index (χ1) is 13.8. The van der Waals surface area contributed by atoms with Gasteiger partial charge in [0.2, 0.25) is 0 Å². The fourth-order valence-corrected chi connectivity index (χ4v) is 3.89. The van der Waals surface area contributed by atoms with E-state index in [1.807, 2.05) is 6.92 Å². The number of ether oxygens (including phenoxy) is 1. The lowest BCUT2D eigenvalue weighted by Gasteiger charge is -2.13. The molecule has 2 N–H and O–H groups in total. The molecule has 9 heteroatoms. The molecule has 0 radical (unpaired) electrons. The topological polar surface area (TPSA) is 111 Å². The van der Waals surface area contributed by atoms with Crippen LogP contribution in [0.15, 0.2) is 57.9 Å². The Morgan fingerprint density at radius 1 is 1.10 bits per heavy atom. The van der Waals surface area contributed by atoms with Crippen LogP contribution in [-0.2, 0) is 16.6 Å². The quantitative estimate of drug-likeness (QED) is 0.614. The smallest absolute Gasteiger partial charge is 0.265 e. The van der Waals surface area contributed by atoms with Gasteiger partial charge in [0, 0.05) is 17.3 Å². The first-order valence-corrected chi connectivity index (χ1v) is 10.2. The van der Waals surface area contributed by atoms with Crippen LogP contribution in [0.3, 0.4) is 0 Å². The third kappa shape index (κ3) is 4.94. The maximum Gasteiger partial charge on any atom is 0.265 e. The molecule has 152 valence electrons. The Hall–Kier alpha value is -3.33. The Kier molecular flexibility index (Phi) is 5.88. The number of hydrogen-bond acceptors (Lipinski definition) is 6. The summed E-state index contributed by atoms with van der Waals surface area (Å²) in [6, 6.07) is 12.8. The highest BCUT2D eigenvalue weighted by Crippen LogP contribution is 2.27. The molecule has 3 aromatic rings. The van der Waals surface area contributed by atoms with Gasteiger partial charge < -0.3 is 14.6 Å². The number of nitrogens with zero attached hydrogens (tertiary/aromatic N) is 1. The normalized spacial score (nSPS) is 11.1. The number of sulfonamides is 1. The zero-order chi connectivity index (χ0) is 21.0. The van der Waals surface area contributed by atoms with E-state index < -0.39 is 15.9 Å². The van der Waals surface area contributed by atoms with Crippen LogP contribution in [0, 0.1) is 13.8 Å². The molecular formula is C20H21N3O5S. The summed E-state index contributed by atoms with van der Waals surface area (Å²) in [4.78, 5) is 12.3. The number of carbonyl (C=O) groups is 1. The molecule has 1 amide bonds. The van der Waals surface area contributed by atoms with Crippen molar-refractivity contribution >= 4 is 21.6 Å². The highest BCUT2D eigenvalue weighted by atomic mass is 32.2. The van der Waals surface area contributed by atoms with Crippen LogP contribution >= 0.6 is 0 Å². The zero-order valence-electron chi connectivity index (χ0n) is 16.2. The standard InChI is InChI=1S/C20H21N3O5S/c1-13-4-7-16(8-5-13)23-29(25,26)19-11-15(6-9-18(19)27-3)20(24)21-12-17-10-14(2)28-22-17/h4-11,23H,12H2,1-3H3,(H,21,24). The van der Waals surface area contributed by atoms with Gasteiger partial charge >= 0.3 is 0 Å². The average molecular weight is 415 g/mol. The lowest BCUT2D eigenvalue weighted by molar-refractivity contribution is 0.0950. The van der Waals surface area contributed by atoms with Crippen molar-refractivity contribution in [1.29, 1.82) is 0 Å². The van der Waals surface area contributed by atoms with Crippen molar-refractivity contribution in [2.24, 2.45) is 0 Å². The van der Waals surface area contributed by atoms with E-state index >= 15 is 0 Å². The molecule has 0 saturated carbocycles. The van der Waals surface area contributed by atoms with Gasteiger partial charge in [0.05, 0.1) is 13.7 Å². The molecule has 2 aromatic carbocycles. The van der Waals surface area contributed by atoms with Crippen LogP contribution < -0.4 is 14.8 Å². The molecule has 8 nitrogen and oxygen atoms in total. The number of anilines is 1. The van der Waals surface area contributed by atoms with E-state index in [9.17, 15) is 13.2 Å². The number of aryl methyl sites for hydroxylation is 2. The molecule has 0 aliphatic rings. The molecule has 29 heavy (non-hydrogen) atoms. The van der Waals surface area contributed by atoms with Gasteiger partial charge in [-0.05, 0) is 44.2 Å². The molecule has 0 aliphatic heterocycles. The lowest BCUT2D eigenvalue weighted by Crippen LogP contribution is -2.23. The van der Waals surface area contributed by atoms with Crippen molar-refractivity contribution in [3.8, 4) is 5.75 Å². The van der Waals surface area contributed by atoms with E-state index in [1.54, 1.807) is 37.3 Å². The monoisotopic (exact) mass is 415 g/mol. The van der Waals surface area contributed by atoms with E-state index in [4.69, 9.17) is 9.26 Å². The molecule has 3 rings (SSSR count). The predicted octanol–water partition coefficient (Wildman–Crippen LogP) is 3.03. The summed E-state index contributed by atoms with van der Waals surface area (Å²) in [7, 11) is -2.60. The third-order valence-corrected chi connectivity index (χ3v) is 5.53. The van der Waals surface area contributed by atoms with Gasteiger partial charge in [0.25, 0.3) is 15.9 Å². The molecule has 0 aliphatic carbocycles. The van der Waals surface area contributed by atoms with Crippen LogP contribution in [-0.4, -0.2) is 26.6 Å². The Balaban J connectivity index is 1.83. The number of aromatic nitrogens is 1. The van der Waals surface area contributed by atoms with Gasteiger partial charge in [-0.1, -0.05) is 22.9 Å². The summed E-state index contributed by atoms with van der Waals surface area (Å²) in [6.07, 6.45) is 0. The Bertz CT molecular complexity index is 1120. The highest BCUT2D eigenvalue weighted by molar-refractivity contribution is 7.92. The summed E-state index contributed by atoms with van der Waals surface area (Å²) in [5.74, 6) is 0.322. The number of amides is 1. The molecule has 0 fully saturated rings. The number of benzene rings is 2. The van der Waals surface area contributed by atoms with Gasteiger partial charge in [-0.3, -0.25) is 9.52 Å². The molecule has 0 unspecified atom stereocenters. The summed E-state index contributed by atoms with van der Waals surface area (Å²) < 4.78 is 38.4. The second-order valence-corrected chi connectivity index (χ2v) is 8.10. The third-order valence-electron chi connectivity index (χ3n) is 4.13. The van der Waals surface area contributed by atoms with Crippen molar-refractivity contribution in [3.63, 3.8) is 0 Å². The molecule has 1 heterocycles. The second-order valence-electron chi connectivity index (χ2n) is 6.45. The van der Waals surface area contributed by atoms with E-state index in [0.29, 0.717) is 17.1 Å². The lowest BCUT2D eigenvalue weighted by atomic mass is 10.2. The zero-order valence-corrected chi connectivity index (χ0v) is 17.0. The largest absolute Gasteiger partial charge is 0.495 e. The highest BCUT2D eigenvalue weighted by Gasteiger charge is 2.22. The van der Waals surface area contributed by atoms with Crippen molar-refractivity contribution in [3.05, 3.63) is 71.1 Å². The minimum absolute atomic E-state index is 0.133. The molecule has 0 bridgehead atoms.